The van der Waals surface area contributed by atoms with Crippen LogP contribution in [0.2, 0.25) is 0 Å². The molecule has 176 valence electrons. The van der Waals surface area contributed by atoms with E-state index in [9.17, 15) is 0 Å². The van der Waals surface area contributed by atoms with E-state index in [4.69, 9.17) is 9.97 Å². The molecule has 1 aromatic heterocycles. The van der Waals surface area contributed by atoms with Crippen molar-refractivity contribution in [1.29, 1.82) is 0 Å². The maximum absolute atomic E-state index is 5.08. The van der Waals surface area contributed by atoms with Crippen molar-refractivity contribution in [3.63, 3.8) is 0 Å². The lowest BCUT2D eigenvalue weighted by molar-refractivity contribution is 1.23. The van der Waals surface area contributed by atoms with Crippen molar-refractivity contribution in [3.8, 4) is 22.6 Å². The van der Waals surface area contributed by atoms with Crippen LogP contribution in [0.25, 0.3) is 76.6 Å². The van der Waals surface area contributed by atoms with Gasteiger partial charge in [-0.25, -0.2) is 9.97 Å². The molecule has 0 aliphatic carbocycles. The quantitative estimate of drug-likeness (QED) is 0.229. The first-order chi connectivity index (χ1) is 18.8. The summed E-state index contributed by atoms with van der Waals surface area (Å²) in [5.74, 6) is 0.744. The summed E-state index contributed by atoms with van der Waals surface area (Å²) in [5, 5.41) is 11.2. The monoisotopic (exact) mass is 482 g/mol. The largest absolute Gasteiger partial charge is 0.228 e. The molecule has 7 aromatic carbocycles. The minimum absolute atomic E-state index is 0.744. The van der Waals surface area contributed by atoms with E-state index in [2.05, 4.69) is 115 Å². The van der Waals surface area contributed by atoms with E-state index in [1.807, 2.05) is 18.2 Å². The van der Waals surface area contributed by atoms with Crippen LogP contribution in [0, 0.1) is 0 Å². The molecule has 0 spiro atoms. The molecule has 0 N–H and O–H groups in total. The molecule has 8 aromatic rings. The molecule has 0 saturated heterocycles. The first-order valence-electron chi connectivity index (χ1n) is 12.9. The summed E-state index contributed by atoms with van der Waals surface area (Å²) in [6, 6.07) is 47.3. The Balaban J connectivity index is 1.37. The van der Waals surface area contributed by atoms with Crippen LogP contribution in [0.4, 0.5) is 0 Å². The molecular formula is C36H22N2. The van der Waals surface area contributed by atoms with Crippen molar-refractivity contribution in [3.05, 3.63) is 133 Å². The van der Waals surface area contributed by atoms with Crippen LogP contribution in [-0.2, 0) is 0 Å². The summed E-state index contributed by atoms with van der Waals surface area (Å²) in [6.07, 6.45) is 0. The van der Waals surface area contributed by atoms with Gasteiger partial charge in [-0.15, -0.1) is 0 Å². The van der Waals surface area contributed by atoms with Gasteiger partial charge in [0.25, 0.3) is 0 Å². The van der Waals surface area contributed by atoms with Gasteiger partial charge in [0.2, 0.25) is 0 Å². The molecule has 0 saturated carbocycles. The van der Waals surface area contributed by atoms with Gasteiger partial charge < -0.3 is 0 Å². The normalized spacial score (nSPS) is 11.7. The van der Waals surface area contributed by atoms with Crippen LogP contribution in [0.5, 0.6) is 0 Å². The second-order valence-electron chi connectivity index (χ2n) is 9.83. The predicted molar refractivity (Wildman–Crippen MR) is 160 cm³/mol. The summed E-state index contributed by atoms with van der Waals surface area (Å²) >= 11 is 0. The number of nitrogens with zero attached hydrogens (tertiary/aromatic N) is 2. The van der Waals surface area contributed by atoms with Gasteiger partial charge in [-0.3, -0.25) is 0 Å². The Morgan fingerprint density at radius 1 is 0.368 bits per heavy atom. The number of rotatable bonds is 2. The van der Waals surface area contributed by atoms with Gasteiger partial charge in [0.05, 0.1) is 11.2 Å². The molecule has 8 rings (SSSR count). The zero-order valence-electron chi connectivity index (χ0n) is 20.6. The van der Waals surface area contributed by atoms with Gasteiger partial charge in [0.1, 0.15) is 0 Å². The standard InChI is InChI=1S/C36H22N2/c1-2-9-25(10-3-1)35-32-12-6-7-13-33(32)37-36(38-35)27-18-19-29-26(22-27)15-14-24-17-20-30-28-11-5-4-8-23(28)16-21-31(30)34(24)29/h1-22H. The second-order valence-corrected chi connectivity index (χ2v) is 9.83. The van der Waals surface area contributed by atoms with Crippen LogP contribution in [0.15, 0.2) is 133 Å². The molecule has 0 atom stereocenters. The fraction of sp³-hybridized carbons (Fsp3) is 0. The Morgan fingerprint density at radius 2 is 1.05 bits per heavy atom. The molecule has 2 nitrogen and oxygen atoms in total. The summed E-state index contributed by atoms with van der Waals surface area (Å²) in [5.41, 5.74) is 4.03. The average Bonchev–Trinajstić information content (AvgIpc) is 3.00. The van der Waals surface area contributed by atoms with Crippen LogP contribution in [-0.4, -0.2) is 9.97 Å². The molecule has 0 aliphatic heterocycles. The van der Waals surface area contributed by atoms with Crippen molar-refractivity contribution in [1.82, 2.24) is 9.97 Å². The number of fused-ring (bicyclic) bond motifs is 8. The summed E-state index contributed by atoms with van der Waals surface area (Å²) in [6.45, 7) is 0. The predicted octanol–water partition coefficient (Wildman–Crippen LogP) is 9.58. The first kappa shape index (κ1) is 21.0. The fourth-order valence-electron chi connectivity index (χ4n) is 5.81. The zero-order valence-corrected chi connectivity index (χ0v) is 20.6. The number of benzene rings is 7. The van der Waals surface area contributed by atoms with E-state index in [1.54, 1.807) is 0 Å². The lowest BCUT2D eigenvalue weighted by Crippen LogP contribution is -1.95. The lowest BCUT2D eigenvalue weighted by atomic mass is 9.93. The molecule has 38 heavy (non-hydrogen) atoms. The van der Waals surface area contributed by atoms with Crippen LogP contribution in [0.3, 0.4) is 0 Å². The minimum atomic E-state index is 0.744. The third-order valence-corrected chi connectivity index (χ3v) is 7.63. The average molecular weight is 483 g/mol. The third-order valence-electron chi connectivity index (χ3n) is 7.63. The van der Waals surface area contributed by atoms with Crippen molar-refractivity contribution in [2.75, 3.05) is 0 Å². The molecule has 2 heteroatoms. The highest BCUT2D eigenvalue weighted by atomic mass is 14.9. The number of para-hydroxylation sites is 1. The molecule has 0 unspecified atom stereocenters. The van der Waals surface area contributed by atoms with Crippen molar-refractivity contribution in [2.45, 2.75) is 0 Å². The zero-order chi connectivity index (χ0) is 25.1. The Morgan fingerprint density at radius 3 is 1.97 bits per heavy atom. The van der Waals surface area contributed by atoms with Crippen LogP contribution < -0.4 is 0 Å². The molecular weight excluding hydrogens is 460 g/mol. The third kappa shape index (κ3) is 3.21. The molecule has 0 aliphatic rings. The Bertz CT molecular complexity index is 2180. The highest BCUT2D eigenvalue weighted by Gasteiger charge is 2.13. The topological polar surface area (TPSA) is 25.8 Å². The van der Waals surface area contributed by atoms with E-state index in [1.165, 1.54) is 43.1 Å². The molecule has 0 radical (unpaired) electrons. The number of hydrogen-bond acceptors (Lipinski definition) is 2. The van der Waals surface area contributed by atoms with Gasteiger partial charge >= 0.3 is 0 Å². The Labute approximate surface area is 219 Å². The SMILES string of the molecule is c1ccc(-c2nc(-c3ccc4c(ccc5ccc6c7ccccc7ccc6c54)c3)nc3ccccc23)cc1. The minimum Gasteiger partial charge on any atom is -0.228 e. The van der Waals surface area contributed by atoms with Gasteiger partial charge in [-0.05, 0) is 55.2 Å². The van der Waals surface area contributed by atoms with Gasteiger partial charge in [0.15, 0.2) is 5.82 Å². The van der Waals surface area contributed by atoms with Gasteiger partial charge in [0, 0.05) is 16.5 Å². The number of hydrogen-bond donors (Lipinski definition) is 0. The molecule has 1 heterocycles. The molecule has 0 bridgehead atoms. The van der Waals surface area contributed by atoms with E-state index in [0.29, 0.717) is 0 Å². The highest BCUT2D eigenvalue weighted by Crippen LogP contribution is 2.37. The summed E-state index contributed by atoms with van der Waals surface area (Å²) in [4.78, 5) is 10.1. The maximum atomic E-state index is 5.08. The Hall–Kier alpha value is -5.08. The van der Waals surface area contributed by atoms with E-state index < -0.39 is 0 Å². The van der Waals surface area contributed by atoms with Gasteiger partial charge in [-0.2, -0.15) is 0 Å². The summed E-state index contributed by atoms with van der Waals surface area (Å²) in [7, 11) is 0. The number of aromatic nitrogens is 2. The second kappa shape index (κ2) is 8.22. The molecule has 0 fully saturated rings. The lowest BCUT2D eigenvalue weighted by Gasteiger charge is -2.12. The van der Waals surface area contributed by atoms with E-state index in [0.717, 1.165) is 33.5 Å². The van der Waals surface area contributed by atoms with Crippen LogP contribution >= 0.6 is 0 Å². The van der Waals surface area contributed by atoms with E-state index in [-0.39, 0.29) is 0 Å². The van der Waals surface area contributed by atoms with Crippen molar-refractivity contribution in [2.24, 2.45) is 0 Å². The molecule has 0 amide bonds. The van der Waals surface area contributed by atoms with Crippen molar-refractivity contribution < 1.29 is 0 Å². The van der Waals surface area contributed by atoms with Crippen molar-refractivity contribution >= 4 is 54.0 Å². The Kier molecular flexibility index (Phi) is 4.55. The fourth-order valence-corrected chi connectivity index (χ4v) is 5.81. The van der Waals surface area contributed by atoms with Gasteiger partial charge in [-0.1, -0.05) is 121 Å². The smallest absolute Gasteiger partial charge is 0.160 e. The summed E-state index contributed by atoms with van der Waals surface area (Å²) < 4.78 is 0. The van der Waals surface area contributed by atoms with E-state index >= 15 is 0 Å². The highest BCUT2D eigenvalue weighted by molar-refractivity contribution is 6.24. The first-order valence-corrected chi connectivity index (χ1v) is 12.9. The maximum Gasteiger partial charge on any atom is 0.160 e. The van der Waals surface area contributed by atoms with Crippen LogP contribution in [0.1, 0.15) is 0 Å².